The summed E-state index contributed by atoms with van der Waals surface area (Å²) in [6.07, 6.45) is 0.596. The lowest BCUT2D eigenvalue weighted by Gasteiger charge is -2.37. The Morgan fingerprint density at radius 2 is 1.66 bits per heavy atom. The molecule has 3 aliphatic rings. The molecule has 1 saturated heterocycles. The quantitative estimate of drug-likeness (QED) is 0.0862. The van der Waals surface area contributed by atoms with Crippen LogP contribution in [0.15, 0.2) is 97.1 Å². The first kappa shape index (κ1) is 41.6. The highest BCUT2D eigenvalue weighted by Crippen LogP contribution is 2.60. The van der Waals surface area contributed by atoms with Gasteiger partial charge in [0.25, 0.3) is 11.8 Å². The van der Waals surface area contributed by atoms with Crippen LogP contribution in [0.25, 0.3) is 0 Å². The number of hydrogen-bond donors (Lipinski definition) is 1. The van der Waals surface area contributed by atoms with Gasteiger partial charge in [0.15, 0.2) is 12.2 Å². The molecule has 4 aromatic carbocycles. The Hall–Kier alpha value is -5.50. The van der Waals surface area contributed by atoms with Crippen LogP contribution in [-0.2, 0) is 40.8 Å². The number of aliphatic hydroxyl groups is 1. The molecule has 0 bridgehead atoms. The van der Waals surface area contributed by atoms with Gasteiger partial charge in [-0.1, -0.05) is 79.8 Å². The average molecular weight is 820 g/mol. The minimum atomic E-state index is -2.63. The van der Waals surface area contributed by atoms with Gasteiger partial charge < -0.3 is 33.9 Å². The lowest BCUT2D eigenvalue weighted by atomic mass is 9.82. The van der Waals surface area contributed by atoms with E-state index in [1.165, 1.54) is 7.11 Å². The molecule has 1 fully saturated rings. The summed E-state index contributed by atoms with van der Waals surface area (Å²) in [5.41, 5.74) is 1.66. The highest BCUT2D eigenvalue weighted by molar-refractivity contribution is 6.91. The van der Waals surface area contributed by atoms with Crippen molar-refractivity contribution in [2.45, 2.75) is 69.5 Å². The Morgan fingerprint density at radius 3 is 2.37 bits per heavy atom. The third-order valence-corrected chi connectivity index (χ3v) is 16.7. The number of carbonyl (C=O) groups excluding carboxylic acids is 4. The first-order valence-corrected chi connectivity index (χ1v) is 23.3. The van der Waals surface area contributed by atoms with Crippen LogP contribution in [0.1, 0.15) is 43.7 Å². The summed E-state index contributed by atoms with van der Waals surface area (Å²) in [7, 11) is 0.366. The molecule has 4 atom stereocenters. The Morgan fingerprint density at radius 1 is 0.932 bits per heavy atom. The number of ether oxygens (including phenoxy) is 4. The summed E-state index contributed by atoms with van der Waals surface area (Å²) in [6.45, 7) is 7.02. The number of benzene rings is 4. The van der Waals surface area contributed by atoms with Crippen molar-refractivity contribution < 1.29 is 43.2 Å². The van der Waals surface area contributed by atoms with E-state index >= 15 is 4.79 Å². The zero-order valence-electron chi connectivity index (χ0n) is 34.4. The first-order valence-electron chi connectivity index (χ1n) is 20.3. The molecule has 3 heterocycles. The van der Waals surface area contributed by atoms with Crippen LogP contribution >= 0.6 is 0 Å². The molecule has 59 heavy (non-hydrogen) atoms. The monoisotopic (exact) mass is 819 g/mol. The van der Waals surface area contributed by atoms with Gasteiger partial charge in [-0.3, -0.25) is 24.1 Å². The first-order chi connectivity index (χ1) is 28.4. The zero-order chi connectivity index (χ0) is 41.9. The minimum Gasteiger partial charge on any atom is -0.497 e. The van der Waals surface area contributed by atoms with E-state index < -0.39 is 25.7 Å². The molecule has 0 saturated carbocycles. The van der Waals surface area contributed by atoms with E-state index in [9.17, 15) is 19.5 Å². The zero-order valence-corrected chi connectivity index (χ0v) is 35.4. The van der Waals surface area contributed by atoms with E-state index in [0.717, 1.165) is 16.5 Å². The fourth-order valence-electron chi connectivity index (χ4n) is 9.41. The SMILES string of the molecule is COC(=O)CCCCN1C(=O)[C@]2(O[C@H](CC(=O)N(CCO)Cc3ccccc3)[C@@H]([Si](C)(C)c3ccc(OC)cc3)[C@@H]2C)c2cc(N3C(=O)COc4ccccc43)ccc21. The summed E-state index contributed by atoms with van der Waals surface area (Å²) in [5, 5.41) is 11.2. The number of anilines is 3. The molecular formula is C46H53N3O9Si. The van der Waals surface area contributed by atoms with Gasteiger partial charge in [-0.05, 0) is 66.4 Å². The van der Waals surface area contributed by atoms with Crippen molar-refractivity contribution in [3.63, 3.8) is 0 Å². The molecule has 7 rings (SSSR count). The number of nitrogens with zero attached hydrogens (tertiary/aromatic N) is 3. The second-order valence-corrected chi connectivity index (χ2v) is 20.7. The molecular weight excluding hydrogens is 767 g/mol. The van der Waals surface area contributed by atoms with E-state index in [-0.39, 0.29) is 61.8 Å². The van der Waals surface area contributed by atoms with Crippen molar-refractivity contribution in [1.82, 2.24) is 4.90 Å². The van der Waals surface area contributed by atoms with E-state index in [1.54, 1.807) is 21.8 Å². The number of rotatable bonds is 15. The lowest BCUT2D eigenvalue weighted by molar-refractivity contribution is -0.149. The van der Waals surface area contributed by atoms with Gasteiger partial charge in [-0.2, -0.15) is 0 Å². The summed E-state index contributed by atoms with van der Waals surface area (Å²) in [6, 6.07) is 30.7. The number of carbonyl (C=O) groups is 4. The third kappa shape index (κ3) is 7.86. The van der Waals surface area contributed by atoms with Gasteiger partial charge >= 0.3 is 5.97 Å². The molecule has 3 aliphatic heterocycles. The summed E-state index contributed by atoms with van der Waals surface area (Å²) in [5.74, 6) is -0.0997. The Balaban J connectivity index is 1.34. The smallest absolute Gasteiger partial charge is 0.305 e. The van der Waals surface area contributed by atoms with Crippen molar-refractivity contribution in [3.05, 3.63) is 108 Å². The van der Waals surface area contributed by atoms with Crippen LogP contribution in [0.5, 0.6) is 11.5 Å². The van der Waals surface area contributed by atoms with Crippen molar-refractivity contribution in [1.29, 1.82) is 0 Å². The number of unbranched alkanes of at least 4 members (excludes halogenated alkanes) is 1. The third-order valence-electron chi connectivity index (χ3n) is 12.3. The maximum Gasteiger partial charge on any atom is 0.305 e. The van der Waals surface area contributed by atoms with Gasteiger partial charge in [0.05, 0.1) is 52.8 Å². The Labute approximate surface area is 346 Å². The summed E-state index contributed by atoms with van der Waals surface area (Å²) in [4.78, 5) is 60.6. The number of amides is 3. The standard InChI is InChI=1S/C46H53N3O9Si/c1-31-44(59(4,5)35-21-19-34(55-2)20-22-35)40(28-41(51)47(25-26-50)29-32-13-7-6-8-14-32)58-46(31)36-27-33(49-38-15-9-10-16-39(38)57-30-42(49)52)18-23-37(36)48(45(46)54)24-12-11-17-43(53)56-3/h6-10,13-16,18-23,27,31,40,44,50H,11-12,17,24-26,28-30H2,1-5H3/t31-,40+,44-,46+/m0/s1. The summed E-state index contributed by atoms with van der Waals surface area (Å²) >= 11 is 0. The van der Waals surface area contributed by atoms with Crippen LogP contribution in [0, 0.1) is 5.92 Å². The van der Waals surface area contributed by atoms with E-state index in [1.807, 2.05) is 84.9 Å². The molecule has 0 aliphatic carbocycles. The van der Waals surface area contributed by atoms with E-state index in [4.69, 9.17) is 18.9 Å². The number of para-hydroxylation sites is 2. The van der Waals surface area contributed by atoms with Gasteiger partial charge in [0.2, 0.25) is 5.91 Å². The molecule has 3 amide bonds. The number of methoxy groups -OCH3 is 2. The summed E-state index contributed by atoms with van der Waals surface area (Å²) < 4.78 is 23.5. The largest absolute Gasteiger partial charge is 0.497 e. The Bertz CT molecular complexity index is 2180. The molecule has 1 spiro atoms. The molecule has 0 unspecified atom stereocenters. The molecule has 13 heteroatoms. The van der Waals surface area contributed by atoms with Crippen molar-refractivity contribution >= 4 is 54.0 Å². The topological polar surface area (TPSA) is 135 Å². The van der Waals surface area contributed by atoms with E-state index in [2.05, 4.69) is 32.2 Å². The van der Waals surface area contributed by atoms with Crippen LogP contribution in [0.2, 0.25) is 18.6 Å². The molecule has 12 nitrogen and oxygen atoms in total. The number of aliphatic hydroxyl groups excluding tert-OH is 1. The number of hydrogen-bond acceptors (Lipinski definition) is 9. The predicted molar refractivity (Wildman–Crippen MR) is 227 cm³/mol. The highest BCUT2D eigenvalue weighted by atomic mass is 28.3. The average Bonchev–Trinajstić information content (AvgIpc) is 3.67. The Kier molecular flexibility index (Phi) is 12.3. The fourth-order valence-corrected chi connectivity index (χ4v) is 13.4. The number of esters is 1. The van der Waals surface area contributed by atoms with Crippen LogP contribution in [0.4, 0.5) is 17.1 Å². The van der Waals surface area contributed by atoms with Gasteiger partial charge in [-0.15, -0.1) is 0 Å². The fraction of sp³-hybridized carbons (Fsp3) is 0.391. The lowest BCUT2D eigenvalue weighted by Crippen LogP contribution is -2.52. The predicted octanol–water partition coefficient (Wildman–Crippen LogP) is 6.07. The van der Waals surface area contributed by atoms with Crippen LogP contribution in [0.3, 0.4) is 0 Å². The minimum absolute atomic E-state index is 0.00701. The second kappa shape index (κ2) is 17.4. The number of fused-ring (bicyclic) bond motifs is 3. The van der Waals surface area contributed by atoms with E-state index in [0.29, 0.717) is 54.3 Å². The van der Waals surface area contributed by atoms with Gasteiger partial charge in [0.1, 0.15) is 11.5 Å². The molecule has 0 radical (unpaired) electrons. The second-order valence-electron chi connectivity index (χ2n) is 16.1. The molecule has 4 aromatic rings. The van der Waals surface area contributed by atoms with Crippen molar-refractivity contribution in [2.75, 3.05) is 50.3 Å². The van der Waals surface area contributed by atoms with Gasteiger partial charge in [0, 0.05) is 43.2 Å². The van der Waals surface area contributed by atoms with Crippen LogP contribution < -0.4 is 24.5 Å². The maximum absolute atomic E-state index is 15.4. The van der Waals surface area contributed by atoms with Crippen LogP contribution in [-0.4, -0.2) is 88.4 Å². The highest BCUT2D eigenvalue weighted by Gasteiger charge is 2.66. The van der Waals surface area contributed by atoms with Gasteiger partial charge in [-0.25, -0.2) is 0 Å². The molecule has 0 aromatic heterocycles. The molecule has 1 N–H and O–H groups in total. The van der Waals surface area contributed by atoms with Crippen molar-refractivity contribution in [2.24, 2.45) is 5.92 Å². The maximum atomic E-state index is 15.4. The van der Waals surface area contributed by atoms with Crippen molar-refractivity contribution in [3.8, 4) is 11.5 Å². The molecule has 310 valence electrons. The normalized spacial score (nSPS) is 20.9.